The van der Waals surface area contributed by atoms with E-state index in [0.29, 0.717) is 0 Å². The lowest BCUT2D eigenvalue weighted by Crippen LogP contribution is -2.20. The number of halogens is 1. The molecule has 0 aliphatic rings. The van der Waals surface area contributed by atoms with E-state index in [1.807, 2.05) is 13.0 Å². The molecule has 0 saturated heterocycles. The van der Waals surface area contributed by atoms with Gasteiger partial charge in [-0.2, -0.15) is 0 Å². The zero-order valence-electron chi connectivity index (χ0n) is 8.33. The fraction of sp³-hybridized carbons (Fsp3) is 0.455. The zero-order chi connectivity index (χ0) is 10.4. The molecule has 1 rings (SSSR count). The van der Waals surface area contributed by atoms with Crippen LogP contribution in [0.25, 0.3) is 0 Å². The van der Waals surface area contributed by atoms with Crippen molar-refractivity contribution in [3.63, 3.8) is 0 Å². The second-order valence-electron chi connectivity index (χ2n) is 3.31. The maximum Gasteiger partial charge on any atom is 0.123 e. The highest BCUT2D eigenvalue weighted by Crippen LogP contribution is 2.12. The van der Waals surface area contributed by atoms with Gasteiger partial charge < -0.3 is 10.4 Å². The molecule has 0 saturated carbocycles. The maximum atomic E-state index is 12.8. The van der Waals surface area contributed by atoms with Gasteiger partial charge in [0.15, 0.2) is 0 Å². The third kappa shape index (κ3) is 3.44. The first-order valence-corrected chi connectivity index (χ1v) is 4.83. The van der Waals surface area contributed by atoms with Crippen LogP contribution in [0.4, 0.5) is 4.39 Å². The highest BCUT2D eigenvalue weighted by molar-refractivity contribution is 5.19. The first kappa shape index (κ1) is 11.1. The van der Waals surface area contributed by atoms with Crippen LogP contribution in [-0.2, 0) is 0 Å². The summed E-state index contributed by atoms with van der Waals surface area (Å²) in [6, 6.07) is 6.67. The summed E-state index contributed by atoms with van der Waals surface area (Å²) in [5.74, 6) is -0.210. The zero-order valence-corrected chi connectivity index (χ0v) is 8.33. The third-order valence-corrected chi connectivity index (χ3v) is 2.13. The first-order chi connectivity index (χ1) is 6.74. The third-order valence-electron chi connectivity index (χ3n) is 2.13. The van der Waals surface area contributed by atoms with Crippen LogP contribution in [0, 0.1) is 5.82 Å². The Hall–Kier alpha value is -0.930. The van der Waals surface area contributed by atoms with Gasteiger partial charge in [-0.25, -0.2) is 4.39 Å². The summed E-state index contributed by atoms with van der Waals surface area (Å²) < 4.78 is 12.8. The molecule has 2 N–H and O–H groups in total. The van der Waals surface area contributed by atoms with Gasteiger partial charge in [0.1, 0.15) is 5.82 Å². The number of benzene rings is 1. The van der Waals surface area contributed by atoms with Gasteiger partial charge in [-0.1, -0.05) is 12.1 Å². The van der Waals surface area contributed by atoms with Gasteiger partial charge in [-0.05, 0) is 37.6 Å². The summed E-state index contributed by atoms with van der Waals surface area (Å²) in [7, 11) is 0. The molecule has 0 aliphatic carbocycles. The largest absolute Gasteiger partial charge is 0.396 e. The summed E-state index contributed by atoms with van der Waals surface area (Å²) in [5, 5.41) is 11.8. The van der Waals surface area contributed by atoms with Crippen LogP contribution in [0.3, 0.4) is 0 Å². The Morgan fingerprint density at radius 3 is 2.93 bits per heavy atom. The minimum Gasteiger partial charge on any atom is -0.396 e. The van der Waals surface area contributed by atoms with E-state index >= 15 is 0 Å². The van der Waals surface area contributed by atoms with Crippen LogP contribution in [0.15, 0.2) is 24.3 Å². The predicted molar refractivity (Wildman–Crippen MR) is 54.5 cm³/mol. The van der Waals surface area contributed by atoms with E-state index in [9.17, 15) is 4.39 Å². The van der Waals surface area contributed by atoms with Gasteiger partial charge in [-0.3, -0.25) is 0 Å². The Bertz CT molecular complexity index is 278. The van der Waals surface area contributed by atoms with E-state index in [-0.39, 0.29) is 18.5 Å². The van der Waals surface area contributed by atoms with Crippen molar-refractivity contribution in [2.24, 2.45) is 0 Å². The van der Waals surface area contributed by atoms with E-state index in [4.69, 9.17) is 5.11 Å². The number of nitrogens with one attached hydrogen (secondary N) is 1. The average molecular weight is 197 g/mol. The first-order valence-electron chi connectivity index (χ1n) is 4.83. The summed E-state index contributed by atoms with van der Waals surface area (Å²) in [6.07, 6.45) is 0.722. The minimum atomic E-state index is -0.210. The van der Waals surface area contributed by atoms with Crippen molar-refractivity contribution in [2.75, 3.05) is 13.2 Å². The predicted octanol–water partition coefficient (Wildman–Crippen LogP) is 1.86. The van der Waals surface area contributed by atoms with Gasteiger partial charge >= 0.3 is 0 Å². The molecule has 0 aliphatic heterocycles. The Kier molecular flexibility index (Phi) is 4.56. The van der Waals surface area contributed by atoms with Crippen molar-refractivity contribution < 1.29 is 9.50 Å². The molecule has 14 heavy (non-hydrogen) atoms. The summed E-state index contributed by atoms with van der Waals surface area (Å²) in [6.45, 7) is 2.91. The standard InChI is InChI=1S/C11H16FNO/c1-9(13-6-3-7-14)10-4-2-5-11(12)8-10/h2,4-5,8-9,13-14H,3,6-7H2,1H3/t9-/m0/s1. The van der Waals surface area contributed by atoms with Crippen LogP contribution in [0.1, 0.15) is 24.9 Å². The van der Waals surface area contributed by atoms with Crippen LogP contribution in [-0.4, -0.2) is 18.3 Å². The monoisotopic (exact) mass is 197 g/mol. The number of hydrogen-bond donors (Lipinski definition) is 2. The Balaban J connectivity index is 2.47. The van der Waals surface area contributed by atoms with Crippen molar-refractivity contribution in [3.05, 3.63) is 35.6 Å². The van der Waals surface area contributed by atoms with Crippen LogP contribution >= 0.6 is 0 Å². The number of aliphatic hydroxyl groups is 1. The van der Waals surface area contributed by atoms with Crippen molar-refractivity contribution >= 4 is 0 Å². The molecule has 1 aromatic rings. The second kappa shape index (κ2) is 5.73. The molecule has 0 heterocycles. The van der Waals surface area contributed by atoms with E-state index in [0.717, 1.165) is 18.5 Å². The van der Waals surface area contributed by atoms with Gasteiger partial charge in [-0.15, -0.1) is 0 Å². The molecule has 2 nitrogen and oxygen atoms in total. The minimum absolute atomic E-state index is 0.122. The topological polar surface area (TPSA) is 32.3 Å². The maximum absolute atomic E-state index is 12.8. The second-order valence-corrected chi connectivity index (χ2v) is 3.31. The molecule has 78 valence electrons. The Morgan fingerprint density at radius 2 is 2.29 bits per heavy atom. The van der Waals surface area contributed by atoms with Crippen molar-refractivity contribution in [2.45, 2.75) is 19.4 Å². The molecule has 0 fully saturated rings. The van der Waals surface area contributed by atoms with E-state index in [2.05, 4.69) is 5.32 Å². The van der Waals surface area contributed by atoms with Crippen molar-refractivity contribution in [1.82, 2.24) is 5.32 Å². The smallest absolute Gasteiger partial charge is 0.123 e. The van der Waals surface area contributed by atoms with Crippen LogP contribution in [0.5, 0.6) is 0 Å². The van der Waals surface area contributed by atoms with Crippen LogP contribution in [0.2, 0.25) is 0 Å². The molecule has 3 heteroatoms. The molecule has 0 amide bonds. The summed E-state index contributed by atoms with van der Waals surface area (Å²) in [5.41, 5.74) is 0.933. The average Bonchev–Trinajstić information content (AvgIpc) is 2.18. The number of aliphatic hydroxyl groups excluding tert-OH is 1. The van der Waals surface area contributed by atoms with Gasteiger partial charge in [0, 0.05) is 12.6 Å². The highest BCUT2D eigenvalue weighted by Gasteiger charge is 2.04. The van der Waals surface area contributed by atoms with Gasteiger partial charge in [0.05, 0.1) is 0 Å². The fourth-order valence-corrected chi connectivity index (χ4v) is 1.29. The number of hydrogen-bond acceptors (Lipinski definition) is 2. The molecule has 0 aromatic heterocycles. The SMILES string of the molecule is C[C@H](NCCCO)c1cccc(F)c1. The lowest BCUT2D eigenvalue weighted by atomic mass is 10.1. The fourth-order valence-electron chi connectivity index (χ4n) is 1.29. The Morgan fingerprint density at radius 1 is 1.50 bits per heavy atom. The quantitative estimate of drug-likeness (QED) is 0.706. The summed E-state index contributed by atoms with van der Waals surface area (Å²) >= 11 is 0. The van der Waals surface area contributed by atoms with E-state index in [1.165, 1.54) is 12.1 Å². The van der Waals surface area contributed by atoms with E-state index in [1.54, 1.807) is 6.07 Å². The normalized spacial score (nSPS) is 12.8. The molecular formula is C11H16FNO. The lowest BCUT2D eigenvalue weighted by Gasteiger charge is -2.13. The van der Waals surface area contributed by atoms with E-state index < -0.39 is 0 Å². The van der Waals surface area contributed by atoms with Crippen molar-refractivity contribution in [3.8, 4) is 0 Å². The molecule has 1 aromatic carbocycles. The highest BCUT2D eigenvalue weighted by atomic mass is 19.1. The van der Waals surface area contributed by atoms with Gasteiger partial charge in [0.25, 0.3) is 0 Å². The Labute approximate surface area is 83.8 Å². The lowest BCUT2D eigenvalue weighted by molar-refractivity contribution is 0.284. The number of rotatable bonds is 5. The molecule has 0 spiro atoms. The van der Waals surface area contributed by atoms with Gasteiger partial charge in [0.2, 0.25) is 0 Å². The molecule has 0 unspecified atom stereocenters. The summed E-state index contributed by atoms with van der Waals surface area (Å²) in [4.78, 5) is 0. The molecule has 1 atom stereocenters. The molecule has 0 bridgehead atoms. The van der Waals surface area contributed by atoms with Crippen molar-refractivity contribution in [1.29, 1.82) is 0 Å². The van der Waals surface area contributed by atoms with Crippen LogP contribution < -0.4 is 5.32 Å². The molecular weight excluding hydrogens is 181 g/mol. The molecule has 0 radical (unpaired) electrons.